The Morgan fingerprint density at radius 3 is 2.64 bits per heavy atom. The molecule has 2 aromatic carbocycles. The molecule has 0 spiro atoms. The molecular weight excluding hydrogens is 298 g/mol. The first-order valence-corrected chi connectivity index (χ1v) is 7.22. The highest BCUT2D eigenvalue weighted by molar-refractivity contribution is 6.30. The quantitative estimate of drug-likeness (QED) is 0.796. The molecule has 110 valence electrons. The lowest BCUT2D eigenvalue weighted by Gasteiger charge is -2.07. The van der Waals surface area contributed by atoms with Gasteiger partial charge in [0.1, 0.15) is 0 Å². The van der Waals surface area contributed by atoms with Crippen LogP contribution >= 0.6 is 11.6 Å². The summed E-state index contributed by atoms with van der Waals surface area (Å²) in [6, 6.07) is 16.4. The molecule has 4 nitrogen and oxygen atoms in total. The highest BCUT2D eigenvalue weighted by atomic mass is 35.5. The molecular formula is C17H14ClN3O. The van der Waals surface area contributed by atoms with E-state index in [1.165, 1.54) is 0 Å². The summed E-state index contributed by atoms with van der Waals surface area (Å²) in [6.07, 6.45) is 3.65. The maximum atomic E-state index is 12.2. The predicted molar refractivity (Wildman–Crippen MR) is 87.2 cm³/mol. The minimum Gasteiger partial charge on any atom is -0.322 e. The first-order valence-electron chi connectivity index (χ1n) is 6.84. The summed E-state index contributed by atoms with van der Waals surface area (Å²) >= 11 is 5.90. The van der Waals surface area contributed by atoms with Crippen LogP contribution in [0.2, 0.25) is 5.02 Å². The summed E-state index contributed by atoms with van der Waals surface area (Å²) in [5, 5.41) is 7.57. The number of benzene rings is 2. The normalized spacial score (nSPS) is 10.4. The lowest BCUT2D eigenvalue weighted by atomic mass is 10.1. The van der Waals surface area contributed by atoms with Crippen LogP contribution < -0.4 is 5.32 Å². The Kier molecular flexibility index (Phi) is 4.21. The average Bonchev–Trinajstić information content (AvgIpc) is 3.01. The SMILES string of the molecule is O=C(Nc1cccc(Cl)c1)c1ccc(Cn2cccn2)cc1. The second-order valence-corrected chi connectivity index (χ2v) is 5.30. The van der Waals surface area contributed by atoms with Crippen molar-refractivity contribution in [3.05, 3.63) is 83.1 Å². The van der Waals surface area contributed by atoms with Crippen LogP contribution in [0.1, 0.15) is 15.9 Å². The van der Waals surface area contributed by atoms with E-state index in [0.717, 1.165) is 5.56 Å². The molecule has 0 bridgehead atoms. The van der Waals surface area contributed by atoms with Crippen LogP contribution in [0.5, 0.6) is 0 Å². The number of carbonyl (C=O) groups excluding carboxylic acids is 1. The second kappa shape index (κ2) is 6.45. The monoisotopic (exact) mass is 311 g/mol. The van der Waals surface area contributed by atoms with Gasteiger partial charge in [0.05, 0.1) is 6.54 Å². The number of hydrogen-bond donors (Lipinski definition) is 1. The maximum absolute atomic E-state index is 12.2. The van der Waals surface area contributed by atoms with Gasteiger partial charge >= 0.3 is 0 Å². The fourth-order valence-electron chi connectivity index (χ4n) is 2.11. The maximum Gasteiger partial charge on any atom is 0.255 e. The van der Waals surface area contributed by atoms with Crippen LogP contribution in [0.3, 0.4) is 0 Å². The van der Waals surface area contributed by atoms with E-state index in [0.29, 0.717) is 22.8 Å². The first kappa shape index (κ1) is 14.4. The summed E-state index contributed by atoms with van der Waals surface area (Å²) in [5.41, 5.74) is 2.37. The van der Waals surface area contributed by atoms with Crippen LogP contribution in [0.25, 0.3) is 0 Å². The number of hydrogen-bond acceptors (Lipinski definition) is 2. The van der Waals surface area contributed by atoms with E-state index in [-0.39, 0.29) is 5.91 Å². The third-order valence-corrected chi connectivity index (χ3v) is 3.44. The Balaban J connectivity index is 1.68. The molecule has 1 N–H and O–H groups in total. The van der Waals surface area contributed by atoms with Crippen molar-refractivity contribution >= 4 is 23.2 Å². The third kappa shape index (κ3) is 3.54. The van der Waals surface area contributed by atoms with Crippen molar-refractivity contribution in [2.45, 2.75) is 6.54 Å². The summed E-state index contributed by atoms with van der Waals surface area (Å²) in [5.74, 6) is -0.159. The molecule has 0 aliphatic heterocycles. The molecule has 0 saturated heterocycles. The van der Waals surface area contributed by atoms with Crippen molar-refractivity contribution in [1.82, 2.24) is 9.78 Å². The Morgan fingerprint density at radius 2 is 1.95 bits per heavy atom. The Hall–Kier alpha value is -2.59. The number of anilines is 1. The largest absolute Gasteiger partial charge is 0.322 e. The van der Waals surface area contributed by atoms with E-state index in [9.17, 15) is 4.79 Å². The lowest BCUT2D eigenvalue weighted by molar-refractivity contribution is 0.102. The molecule has 0 radical (unpaired) electrons. The van der Waals surface area contributed by atoms with E-state index in [2.05, 4.69) is 10.4 Å². The second-order valence-electron chi connectivity index (χ2n) is 4.87. The average molecular weight is 312 g/mol. The van der Waals surface area contributed by atoms with Crippen LogP contribution in [-0.2, 0) is 6.54 Å². The highest BCUT2D eigenvalue weighted by Crippen LogP contribution is 2.16. The zero-order chi connectivity index (χ0) is 15.4. The van der Waals surface area contributed by atoms with Gasteiger partial charge < -0.3 is 5.32 Å². The number of halogens is 1. The van der Waals surface area contributed by atoms with E-state index in [1.807, 2.05) is 29.1 Å². The van der Waals surface area contributed by atoms with Gasteiger partial charge in [0, 0.05) is 28.7 Å². The first-order chi connectivity index (χ1) is 10.7. The molecule has 0 aliphatic rings. The van der Waals surface area contributed by atoms with Crippen molar-refractivity contribution in [3.8, 4) is 0 Å². The van der Waals surface area contributed by atoms with Crippen molar-refractivity contribution < 1.29 is 4.79 Å². The van der Waals surface area contributed by atoms with Gasteiger partial charge in [-0.1, -0.05) is 29.8 Å². The molecule has 0 fully saturated rings. The van der Waals surface area contributed by atoms with Crippen molar-refractivity contribution in [2.75, 3.05) is 5.32 Å². The fourth-order valence-corrected chi connectivity index (χ4v) is 2.30. The Labute approximate surface area is 133 Å². The Bertz CT molecular complexity index is 767. The van der Waals surface area contributed by atoms with Crippen LogP contribution in [0.15, 0.2) is 67.0 Å². The van der Waals surface area contributed by atoms with Gasteiger partial charge in [0.15, 0.2) is 0 Å². The molecule has 1 aromatic heterocycles. The molecule has 0 saturated carbocycles. The minimum absolute atomic E-state index is 0.159. The number of nitrogens with one attached hydrogen (secondary N) is 1. The number of aromatic nitrogens is 2. The number of nitrogens with zero attached hydrogens (tertiary/aromatic N) is 2. The predicted octanol–water partition coefficient (Wildman–Crippen LogP) is 3.84. The van der Waals surface area contributed by atoms with Gasteiger partial charge in [0.25, 0.3) is 5.91 Å². The minimum atomic E-state index is -0.159. The van der Waals surface area contributed by atoms with Crippen LogP contribution in [0.4, 0.5) is 5.69 Å². The lowest BCUT2D eigenvalue weighted by Crippen LogP contribution is -2.12. The summed E-state index contributed by atoms with van der Waals surface area (Å²) in [7, 11) is 0. The van der Waals surface area contributed by atoms with Gasteiger partial charge in [-0.05, 0) is 42.0 Å². The highest BCUT2D eigenvalue weighted by Gasteiger charge is 2.06. The molecule has 22 heavy (non-hydrogen) atoms. The summed E-state index contributed by atoms with van der Waals surface area (Å²) in [6.45, 7) is 0.684. The molecule has 1 heterocycles. The van der Waals surface area contributed by atoms with E-state index < -0.39 is 0 Å². The summed E-state index contributed by atoms with van der Waals surface area (Å²) in [4.78, 5) is 12.2. The van der Waals surface area contributed by atoms with E-state index in [4.69, 9.17) is 11.6 Å². The van der Waals surface area contributed by atoms with Gasteiger partial charge in [-0.25, -0.2) is 0 Å². The molecule has 0 aliphatic carbocycles. The molecule has 3 rings (SSSR count). The molecule has 1 amide bonds. The van der Waals surface area contributed by atoms with Crippen LogP contribution in [0, 0.1) is 0 Å². The zero-order valence-electron chi connectivity index (χ0n) is 11.7. The zero-order valence-corrected chi connectivity index (χ0v) is 12.5. The van der Waals surface area contributed by atoms with Gasteiger partial charge in [-0.15, -0.1) is 0 Å². The van der Waals surface area contributed by atoms with Crippen molar-refractivity contribution in [2.24, 2.45) is 0 Å². The smallest absolute Gasteiger partial charge is 0.255 e. The van der Waals surface area contributed by atoms with Gasteiger partial charge in [-0.3, -0.25) is 9.48 Å². The standard InChI is InChI=1S/C17H14ClN3O/c18-15-3-1-4-16(11-15)20-17(22)14-7-5-13(6-8-14)12-21-10-2-9-19-21/h1-11H,12H2,(H,20,22). The number of carbonyl (C=O) groups is 1. The molecule has 3 aromatic rings. The van der Waals surface area contributed by atoms with Crippen molar-refractivity contribution in [1.29, 1.82) is 0 Å². The number of amides is 1. The van der Waals surface area contributed by atoms with Gasteiger partial charge in [0.2, 0.25) is 0 Å². The fraction of sp³-hybridized carbons (Fsp3) is 0.0588. The molecule has 0 atom stereocenters. The third-order valence-electron chi connectivity index (χ3n) is 3.20. The van der Waals surface area contributed by atoms with Crippen LogP contribution in [-0.4, -0.2) is 15.7 Å². The topological polar surface area (TPSA) is 46.9 Å². The summed E-state index contributed by atoms with van der Waals surface area (Å²) < 4.78 is 1.83. The van der Waals surface area contributed by atoms with E-state index in [1.54, 1.807) is 42.6 Å². The van der Waals surface area contributed by atoms with Crippen molar-refractivity contribution in [3.63, 3.8) is 0 Å². The number of rotatable bonds is 4. The molecule has 0 unspecified atom stereocenters. The molecule has 5 heteroatoms. The van der Waals surface area contributed by atoms with Gasteiger partial charge in [-0.2, -0.15) is 5.10 Å². The van der Waals surface area contributed by atoms with E-state index >= 15 is 0 Å². The Morgan fingerprint density at radius 1 is 1.14 bits per heavy atom.